The van der Waals surface area contributed by atoms with Gasteiger partial charge in [0.2, 0.25) is 15.9 Å². The summed E-state index contributed by atoms with van der Waals surface area (Å²) in [5.74, 6) is 0.601. The molecular weight excluding hydrogens is 326 g/mol. The number of piperazine rings is 1. The third kappa shape index (κ3) is 3.79. The SMILES string of the molecule is CC(C(=O)N1CCN(S(=O)(=O)Cc2ccccc2)CC1)C1CNC1. The molecular formula is C17H25N3O3S. The topological polar surface area (TPSA) is 69.7 Å². The van der Waals surface area contributed by atoms with Gasteiger partial charge in [0.15, 0.2) is 0 Å². The van der Waals surface area contributed by atoms with Crippen molar-refractivity contribution in [3.05, 3.63) is 35.9 Å². The third-order valence-corrected chi connectivity index (χ3v) is 6.90. The van der Waals surface area contributed by atoms with Crippen LogP contribution in [0.15, 0.2) is 30.3 Å². The van der Waals surface area contributed by atoms with E-state index >= 15 is 0 Å². The number of benzene rings is 1. The molecule has 0 aliphatic carbocycles. The Kier molecular flexibility index (Phi) is 5.22. The minimum absolute atomic E-state index is 0.0127. The van der Waals surface area contributed by atoms with Crippen molar-refractivity contribution in [3.63, 3.8) is 0 Å². The zero-order chi connectivity index (χ0) is 17.2. The van der Waals surface area contributed by atoms with E-state index in [0.29, 0.717) is 32.1 Å². The molecule has 1 aromatic rings. The van der Waals surface area contributed by atoms with E-state index < -0.39 is 10.0 Å². The van der Waals surface area contributed by atoms with Gasteiger partial charge in [-0.3, -0.25) is 4.79 Å². The van der Waals surface area contributed by atoms with Crippen LogP contribution in [0.3, 0.4) is 0 Å². The van der Waals surface area contributed by atoms with Crippen molar-refractivity contribution >= 4 is 15.9 Å². The summed E-state index contributed by atoms with van der Waals surface area (Å²) in [5.41, 5.74) is 0.794. The highest BCUT2D eigenvalue weighted by Gasteiger charge is 2.34. The lowest BCUT2D eigenvalue weighted by molar-refractivity contribution is -0.138. The summed E-state index contributed by atoms with van der Waals surface area (Å²) < 4.78 is 26.6. The fraction of sp³-hybridized carbons (Fsp3) is 0.588. The molecule has 1 aromatic carbocycles. The maximum Gasteiger partial charge on any atom is 0.225 e. The normalized spacial score (nSPS) is 21.3. The fourth-order valence-corrected chi connectivity index (χ4v) is 4.73. The molecule has 3 rings (SSSR count). The van der Waals surface area contributed by atoms with Crippen LogP contribution in [-0.2, 0) is 20.6 Å². The minimum atomic E-state index is -3.33. The van der Waals surface area contributed by atoms with Crippen molar-refractivity contribution in [2.75, 3.05) is 39.3 Å². The Bertz CT molecular complexity index is 666. The van der Waals surface area contributed by atoms with E-state index in [0.717, 1.165) is 18.7 Å². The highest BCUT2D eigenvalue weighted by atomic mass is 32.2. The molecule has 0 bridgehead atoms. The lowest BCUT2D eigenvalue weighted by atomic mass is 9.88. The quantitative estimate of drug-likeness (QED) is 0.839. The fourth-order valence-electron chi connectivity index (χ4n) is 3.22. The molecule has 0 spiro atoms. The van der Waals surface area contributed by atoms with Crippen molar-refractivity contribution in [2.24, 2.45) is 11.8 Å². The van der Waals surface area contributed by atoms with E-state index in [1.165, 1.54) is 4.31 Å². The summed E-state index contributed by atoms with van der Waals surface area (Å²) in [6.45, 7) is 5.52. The predicted molar refractivity (Wildman–Crippen MR) is 92.7 cm³/mol. The number of nitrogens with zero attached hydrogens (tertiary/aromatic N) is 2. The van der Waals surface area contributed by atoms with Gasteiger partial charge in [-0.05, 0) is 24.6 Å². The Labute approximate surface area is 143 Å². The van der Waals surface area contributed by atoms with Gasteiger partial charge in [-0.1, -0.05) is 37.3 Å². The molecule has 2 aliphatic rings. The van der Waals surface area contributed by atoms with E-state index in [1.54, 1.807) is 0 Å². The second-order valence-electron chi connectivity index (χ2n) is 6.67. The number of amides is 1. The lowest BCUT2D eigenvalue weighted by Crippen LogP contribution is -2.55. The van der Waals surface area contributed by atoms with Gasteiger partial charge >= 0.3 is 0 Å². The van der Waals surface area contributed by atoms with E-state index in [-0.39, 0.29) is 17.6 Å². The summed E-state index contributed by atoms with van der Waals surface area (Å²) in [6, 6.07) is 9.22. The number of hydrogen-bond acceptors (Lipinski definition) is 4. The number of sulfonamides is 1. The highest BCUT2D eigenvalue weighted by molar-refractivity contribution is 7.88. The molecule has 2 heterocycles. The van der Waals surface area contributed by atoms with E-state index in [9.17, 15) is 13.2 Å². The maximum atomic E-state index is 12.5. The zero-order valence-electron chi connectivity index (χ0n) is 14.0. The average molecular weight is 351 g/mol. The number of carbonyl (C=O) groups is 1. The van der Waals surface area contributed by atoms with Crippen molar-refractivity contribution in [3.8, 4) is 0 Å². The summed E-state index contributed by atoms with van der Waals surface area (Å²) in [5, 5.41) is 3.19. The first-order valence-electron chi connectivity index (χ1n) is 8.48. The second kappa shape index (κ2) is 7.21. The number of hydrogen-bond donors (Lipinski definition) is 1. The number of nitrogens with one attached hydrogen (secondary N) is 1. The summed E-state index contributed by atoms with van der Waals surface area (Å²) in [7, 11) is -3.33. The first kappa shape index (κ1) is 17.4. The Morgan fingerprint density at radius 3 is 2.33 bits per heavy atom. The molecule has 0 aromatic heterocycles. The molecule has 24 heavy (non-hydrogen) atoms. The van der Waals surface area contributed by atoms with Gasteiger partial charge in [-0.2, -0.15) is 4.31 Å². The Balaban J connectivity index is 1.55. The molecule has 2 aliphatic heterocycles. The molecule has 7 heteroatoms. The minimum Gasteiger partial charge on any atom is -0.340 e. The first-order chi connectivity index (χ1) is 11.5. The zero-order valence-corrected chi connectivity index (χ0v) is 14.8. The number of rotatable bonds is 5. The summed E-state index contributed by atoms with van der Waals surface area (Å²) >= 11 is 0. The molecule has 2 fully saturated rings. The van der Waals surface area contributed by atoms with Gasteiger partial charge in [0.05, 0.1) is 5.75 Å². The molecule has 1 N–H and O–H groups in total. The standard InChI is InChI=1S/C17H25N3O3S/c1-14(16-11-18-12-16)17(21)19-7-9-20(10-8-19)24(22,23)13-15-5-3-2-4-6-15/h2-6,14,16,18H,7-13H2,1H3. The van der Waals surface area contributed by atoms with Crippen LogP contribution < -0.4 is 5.32 Å². The van der Waals surface area contributed by atoms with Crippen LogP contribution in [0.1, 0.15) is 12.5 Å². The lowest BCUT2D eigenvalue weighted by Gasteiger charge is -2.38. The smallest absolute Gasteiger partial charge is 0.225 e. The first-order valence-corrected chi connectivity index (χ1v) is 10.1. The highest BCUT2D eigenvalue weighted by Crippen LogP contribution is 2.20. The molecule has 132 valence electrons. The van der Waals surface area contributed by atoms with Crippen LogP contribution in [0.2, 0.25) is 0 Å². The van der Waals surface area contributed by atoms with Crippen LogP contribution in [0, 0.1) is 11.8 Å². The van der Waals surface area contributed by atoms with Crippen molar-refractivity contribution in [1.82, 2.24) is 14.5 Å². The van der Waals surface area contributed by atoms with Crippen LogP contribution in [0.25, 0.3) is 0 Å². The molecule has 2 saturated heterocycles. The van der Waals surface area contributed by atoms with Gasteiger partial charge in [0, 0.05) is 32.1 Å². The van der Waals surface area contributed by atoms with Gasteiger partial charge in [0.1, 0.15) is 0 Å². The average Bonchev–Trinajstić information content (AvgIpc) is 2.53. The van der Waals surface area contributed by atoms with Crippen molar-refractivity contribution in [1.29, 1.82) is 0 Å². The van der Waals surface area contributed by atoms with Gasteiger partial charge < -0.3 is 10.2 Å². The van der Waals surface area contributed by atoms with Crippen molar-refractivity contribution < 1.29 is 13.2 Å². The Morgan fingerprint density at radius 1 is 1.17 bits per heavy atom. The Hall–Kier alpha value is -1.44. The van der Waals surface area contributed by atoms with Crippen LogP contribution in [0.5, 0.6) is 0 Å². The monoisotopic (exact) mass is 351 g/mol. The van der Waals surface area contributed by atoms with E-state index in [2.05, 4.69) is 5.32 Å². The Morgan fingerprint density at radius 2 is 1.79 bits per heavy atom. The predicted octanol–water partition coefficient (Wildman–Crippen LogP) is 0.516. The molecule has 0 saturated carbocycles. The summed E-state index contributed by atoms with van der Waals surface area (Å²) in [4.78, 5) is 14.3. The van der Waals surface area contributed by atoms with Crippen LogP contribution >= 0.6 is 0 Å². The second-order valence-corrected chi connectivity index (χ2v) is 8.64. The van der Waals surface area contributed by atoms with E-state index in [4.69, 9.17) is 0 Å². The van der Waals surface area contributed by atoms with Gasteiger partial charge in [-0.15, -0.1) is 0 Å². The van der Waals surface area contributed by atoms with Gasteiger partial charge in [-0.25, -0.2) is 8.42 Å². The number of carbonyl (C=O) groups excluding carboxylic acids is 1. The molecule has 1 unspecified atom stereocenters. The van der Waals surface area contributed by atoms with Crippen molar-refractivity contribution in [2.45, 2.75) is 12.7 Å². The largest absolute Gasteiger partial charge is 0.340 e. The van der Waals surface area contributed by atoms with Gasteiger partial charge in [0.25, 0.3) is 0 Å². The van der Waals surface area contributed by atoms with E-state index in [1.807, 2.05) is 42.2 Å². The molecule has 1 atom stereocenters. The third-order valence-electron chi connectivity index (χ3n) is 5.05. The molecule has 6 nitrogen and oxygen atoms in total. The van der Waals surface area contributed by atoms with Crippen LogP contribution in [0.4, 0.5) is 0 Å². The summed E-state index contributed by atoms with van der Waals surface area (Å²) in [6.07, 6.45) is 0. The molecule has 0 radical (unpaired) electrons. The maximum absolute atomic E-state index is 12.5. The molecule has 1 amide bonds. The van der Waals surface area contributed by atoms with Crippen LogP contribution in [-0.4, -0.2) is 62.8 Å².